The number of hydrogen-bond donors (Lipinski definition) is 3. The van der Waals surface area contributed by atoms with E-state index in [1.807, 2.05) is 26.0 Å². The number of anilines is 2. The number of halogens is 1. The van der Waals surface area contributed by atoms with Gasteiger partial charge in [-0.1, -0.05) is 17.7 Å². The van der Waals surface area contributed by atoms with Crippen LogP contribution in [0.5, 0.6) is 0 Å². The second-order valence-corrected chi connectivity index (χ2v) is 10.8. The summed E-state index contributed by atoms with van der Waals surface area (Å²) in [5.41, 5.74) is 3.76. The Morgan fingerprint density at radius 1 is 1.18 bits per heavy atom. The smallest absolute Gasteiger partial charge is 0.259 e. The highest BCUT2D eigenvalue weighted by atomic mass is 35.5. The minimum Gasteiger partial charge on any atom is -0.377 e. The first-order valence-corrected chi connectivity index (χ1v) is 13.5. The van der Waals surface area contributed by atoms with Crippen LogP contribution in [0.1, 0.15) is 42.5 Å². The molecule has 0 amide bonds. The van der Waals surface area contributed by atoms with Crippen molar-refractivity contribution in [2.45, 2.75) is 38.8 Å². The quantitative estimate of drug-likeness (QED) is 0.232. The summed E-state index contributed by atoms with van der Waals surface area (Å²) in [7, 11) is 5.70. The number of nitrogens with zero attached hydrogens (tertiary/aromatic N) is 6. The van der Waals surface area contributed by atoms with Crippen molar-refractivity contribution in [1.82, 2.24) is 29.2 Å². The molecule has 11 heteroatoms. The predicted molar refractivity (Wildman–Crippen MR) is 157 cm³/mol. The van der Waals surface area contributed by atoms with Crippen LogP contribution in [0.2, 0.25) is 5.15 Å². The molecule has 1 unspecified atom stereocenters. The molecule has 4 aromatic rings. The number of aryl methyl sites for hydroxylation is 2. The van der Waals surface area contributed by atoms with Crippen LogP contribution in [-0.2, 0) is 14.1 Å². The minimum absolute atomic E-state index is 0.0882. The highest BCUT2D eigenvalue weighted by Gasteiger charge is 2.24. The minimum atomic E-state index is -0.236. The summed E-state index contributed by atoms with van der Waals surface area (Å²) >= 11 is 6.23. The van der Waals surface area contributed by atoms with Gasteiger partial charge >= 0.3 is 0 Å². The number of pyridine rings is 2. The van der Waals surface area contributed by atoms with E-state index in [9.17, 15) is 4.79 Å². The zero-order chi connectivity index (χ0) is 27.8. The lowest BCUT2D eigenvalue weighted by molar-refractivity contribution is 0.263. The molecule has 5 rings (SSSR count). The third-order valence-corrected chi connectivity index (χ3v) is 7.63. The van der Waals surface area contributed by atoms with E-state index in [0.29, 0.717) is 33.4 Å². The Labute approximate surface area is 232 Å². The summed E-state index contributed by atoms with van der Waals surface area (Å²) in [6, 6.07) is 7.57. The number of benzene rings is 1. The first kappa shape index (κ1) is 26.8. The van der Waals surface area contributed by atoms with Crippen LogP contribution in [0.4, 0.5) is 11.5 Å². The van der Waals surface area contributed by atoms with Gasteiger partial charge in [0.1, 0.15) is 23.0 Å². The van der Waals surface area contributed by atoms with Crippen molar-refractivity contribution < 1.29 is 0 Å². The Hall–Kier alpha value is -3.76. The van der Waals surface area contributed by atoms with Gasteiger partial charge in [-0.2, -0.15) is 0 Å². The van der Waals surface area contributed by atoms with Gasteiger partial charge in [-0.25, -0.2) is 9.97 Å². The number of fused-ring (bicyclic) bond motifs is 1. The van der Waals surface area contributed by atoms with Crippen molar-refractivity contribution in [1.29, 1.82) is 5.41 Å². The van der Waals surface area contributed by atoms with E-state index >= 15 is 0 Å². The van der Waals surface area contributed by atoms with E-state index in [-0.39, 0.29) is 17.6 Å². The average Bonchev–Trinajstić information content (AvgIpc) is 3.35. The fourth-order valence-electron chi connectivity index (χ4n) is 5.35. The van der Waals surface area contributed by atoms with Crippen molar-refractivity contribution in [2.24, 2.45) is 14.1 Å². The van der Waals surface area contributed by atoms with Gasteiger partial charge in [-0.05, 0) is 76.2 Å². The van der Waals surface area contributed by atoms with Crippen LogP contribution in [0, 0.1) is 12.3 Å². The van der Waals surface area contributed by atoms with Crippen LogP contribution in [0.3, 0.4) is 0 Å². The van der Waals surface area contributed by atoms with E-state index in [2.05, 4.69) is 43.7 Å². The molecule has 0 spiro atoms. The largest absolute Gasteiger partial charge is 0.377 e. The molecule has 3 aromatic heterocycles. The first-order chi connectivity index (χ1) is 18.7. The number of piperidine rings is 1. The van der Waals surface area contributed by atoms with Gasteiger partial charge in [0.25, 0.3) is 5.56 Å². The Morgan fingerprint density at radius 3 is 2.59 bits per heavy atom. The van der Waals surface area contributed by atoms with Crippen molar-refractivity contribution in [3.8, 4) is 11.5 Å². The van der Waals surface area contributed by atoms with Gasteiger partial charge in [0.15, 0.2) is 0 Å². The molecule has 39 heavy (non-hydrogen) atoms. The molecule has 0 bridgehead atoms. The van der Waals surface area contributed by atoms with Crippen LogP contribution < -0.4 is 16.2 Å². The number of rotatable bonds is 7. The number of hydrogen-bond acceptors (Lipinski definition) is 8. The maximum Gasteiger partial charge on any atom is 0.259 e. The standard InChI is InChI=1S/C28H34ClN9O/c1-16-12-19(17(2)32-22-6-7-23(29)34-25(22)26-31-15-37(4)35-26)24-20(13-16)28(39)38(5)27(21(24)14-30)33-18-8-10-36(3)11-9-18/h6-7,12-15,17-18,30,32-33H,8-11H2,1-5H3. The molecule has 1 atom stereocenters. The zero-order valence-electron chi connectivity index (χ0n) is 22.9. The van der Waals surface area contributed by atoms with Gasteiger partial charge in [-0.3, -0.25) is 14.0 Å². The Kier molecular flexibility index (Phi) is 7.42. The van der Waals surface area contributed by atoms with Crippen molar-refractivity contribution in [3.63, 3.8) is 0 Å². The lowest BCUT2D eigenvalue weighted by Gasteiger charge is -2.31. The molecule has 204 valence electrons. The third kappa shape index (κ3) is 5.26. The molecular weight excluding hydrogens is 514 g/mol. The molecule has 0 saturated carbocycles. The average molecular weight is 548 g/mol. The number of aromatic nitrogens is 5. The maximum atomic E-state index is 13.7. The predicted octanol–water partition coefficient (Wildman–Crippen LogP) is 4.37. The summed E-state index contributed by atoms with van der Waals surface area (Å²) < 4.78 is 3.26. The summed E-state index contributed by atoms with van der Waals surface area (Å²) in [4.78, 5) is 24.8. The zero-order valence-corrected chi connectivity index (χ0v) is 23.7. The van der Waals surface area contributed by atoms with E-state index in [0.717, 1.165) is 48.1 Å². The first-order valence-electron chi connectivity index (χ1n) is 13.1. The Bertz CT molecular complexity index is 1600. The van der Waals surface area contributed by atoms with E-state index in [1.165, 1.54) is 6.21 Å². The van der Waals surface area contributed by atoms with Crippen LogP contribution in [0.25, 0.3) is 22.3 Å². The van der Waals surface area contributed by atoms with Gasteiger partial charge in [-0.15, -0.1) is 5.10 Å². The summed E-state index contributed by atoms with van der Waals surface area (Å²) in [6.45, 7) is 6.00. The Balaban J connectivity index is 1.61. The second kappa shape index (κ2) is 10.8. The van der Waals surface area contributed by atoms with Crippen molar-refractivity contribution in [3.05, 3.63) is 62.8 Å². The SMILES string of the molecule is Cc1cc(C(C)Nc2ccc(Cl)nc2-c2ncn(C)n2)c2c(C=N)c(NC3CCN(C)CC3)n(C)c(=O)c2c1. The highest BCUT2D eigenvalue weighted by Crippen LogP contribution is 2.34. The fourth-order valence-corrected chi connectivity index (χ4v) is 5.50. The molecule has 4 heterocycles. The molecule has 10 nitrogen and oxygen atoms in total. The molecular formula is C28H34ClN9O. The van der Waals surface area contributed by atoms with Crippen molar-refractivity contribution in [2.75, 3.05) is 30.8 Å². The molecule has 1 saturated heterocycles. The number of likely N-dealkylation sites (tertiary alicyclic amines) is 1. The molecule has 0 aliphatic carbocycles. The summed E-state index contributed by atoms with van der Waals surface area (Å²) in [6.07, 6.45) is 4.93. The lowest BCUT2D eigenvalue weighted by atomic mass is 9.93. The van der Waals surface area contributed by atoms with Gasteiger partial charge in [0.05, 0.1) is 5.69 Å². The molecule has 0 radical (unpaired) electrons. The fraction of sp³-hybridized carbons (Fsp3) is 0.393. The Morgan fingerprint density at radius 2 is 1.92 bits per heavy atom. The maximum absolute atomic E-state index is 13.7. The summed E-state index contributed by atoms with van der Waals surface area (Å²) in [5.74, 6) is 1.14. The van der Waals surface area contributed by atoms with Gasteiger partial charge in [0.2, 0.25) is 5.82 Å². The molecule has 3 N–H and O–H groups in total. The van der Waals surface area contributed by atoms with Crippen LogP contribution in [0.15, 0.2) is 35.4 Å². The van der Waals surface area contributed by atoms with Gasteiger partial charge in [0, 0.05) is 48.7 Å². The molecule has 1 aliphatic heterocycles. The molecule has 1 fully saturated rings. The molecule has 1 aromatic carbocycles. The van der Waals surface area contributed by atoms with Crippen LogP contribution >= 0.6 is 11.6 Å². The summed E-state index contributed by atoms with van der Waals surface area (Å²) in [5, 5.41) is 21.7. The monoisotopic (exact) mass is 547 g/mol. The van der Waals surface area contributed by atoms with Crippen molar-refractivity contribution >= 4 is 40.1 Å². The number of nitrogens with one attached hydrogen (secondary N) is 3. The van der Waals surface area contributed by atoms with E-state index in [1.54, 1.807) is 35.7 Å². The van der Waals surface area contributed by atoms with E-state index < -0.39 is 0 Å². The molecule has 1 aliphatic rings. The van der Waals surface area contributed by atoms with E-state index in [4.69, 9.17) is 17.0 Å². The van der Waals surface area contributed by atoms with Gasteiger partial charge < -0.3 is 20.9 Å². The topological polar surface area (TPSA) is 117 Å². The highest BCUT2D eigenvalue weighted by molar-refractivity contribution is 6.29. The lowest BCUT2D eigenvalue weighted by Crippen LogP contribution is -2.38. The normalized spacial score (nSPS) is 15.4. The third-order valence-electron chi connectivity index (χ3n) is 7.42. The van der Waals surface area contributed by atoms with Crippen LogP contribution in [-0.4, -0.2) is 61.6 Å². The second-order valence-electron chi connectivity index (χ2n) is 10.4.